The molecular formula is C80H56N4O8. The molecule has 12 heteroatoms. The maximum absolute atomic E-state index is 15.3. The topological polar surface area (TPSA) is 150 Å². The molecule has 12 aromatic carbocycles. The Morgan fingerprint density at radius 3 is 0.630 bits per heavy atom. The van der Waals surface area contributed by atoms with Crippen molar-refractivity contribution >= 4 is 155 Å². The Bertz CT molecular complexity index is 4960. The number of amides is 8. The maximum atomic E-state index is 15.3. The van der Waals surface area contributed by atoms with E-state index in [4.69, 9.17) is 0 Å². The first-order chi connectivity index (χ1) is 43.5. The molecule has 0 fully saturated rings. The molecule has 444 valence electrons. The Morgan fingerprint density at radius 2 is 0.435 bits per heavy atom. The number of carbonyl (C=O) groups is 8. The average molecular weight is 1200 g/mol. The van der Waals surface area contributed by atoms with Gasteiger partial charge in [-0.2, -0.15) is 0 Å². The second-order valence-corrected chi connectivity index (χ2v) is 28.2. The van der Waals surface area contributed by atoms with Crippen molar-refractivity contribution in [3.63, 3.8) is 0 Å². The van der Waals surface area contributed by atoms with Crippen molar-refractivity contribution in [2.24, 2.45) is 0 Å². The monoisotopic (exact) mass is 1200 g/mol. The fourth-order valence-corrected chi connectivity index (χ4v) is 14.0. The summed E-state index contributed by atoms with van der Waals surface area (Å²) in [4.78, 5) is 127. The van der Waals surface area contributed by atoms with Crippen molar-refractivity contribution in [3.05, 3.63) is 214 Å². The standard InChI is InChI=1S/C80H56N4O8/c1-77(2,3)81-69(85)57-35-50-30-26-42-18-14-22-46-34-48-24-16-20-44(56(48)40-54(42)46)28-32-52-38-60-67-63(75(91)83(72(60)88)79(7,8)9)51(37-59-68(67)64(52)76(92)84(71(59)87)80(10,11)12)31-27-43-19-15-23-47-33-45-21-13-17-41(53(45)39-55(43)47)25-29-49-36-58-66(65(57)61(49)73(81)89)62(50)74(90)82(70(58)86)78(4,5)6/h13-24,33-40H,1-12H3. The van der Waals surface area contributed by atoms with E-state index in [1.165, 1.54) is 19.6 Å². The number of imide groups is 4. The van der Waals surface area contributed by atoms with Gasteiger partial charge in [-0.1, -0.05) is 97.1 Å². The van der Waals surface area contributed by atoms with Gasteiger partial charge in [-0.3, -0.25) is 58.0 Å². The fraction of sp³-hybridized carbons (Fsp3) is 0.200. The van der Waals surface area contributed by atoms with Gasteiger partial charge >= 0.3 is 0 Å². The second-order valence-electron chi connectivity index (χ2n) is 28.2. The normalized spacial score (nSPS) is 14.9. The first-order valence-corrected chi connectivity index (χ1v) is 30.4. The third-order valence-electron chi connectivity index (χ3n) is 18.0. The van der Waals surface area contributed by atoms with Crippen molar-refractivity contribution in [2.75, 3.05) is 0 Å². The van der Waals surface area contributed by atoms with E-state index < -0.39 is 69.4 Å². The highest BCUT2D eigenvalue weighted by molar-refractivity contribution is 6.39. The van der Waals surface area contributed by atoms with Crippen LogP contribution in [-0.2, 0) is 0 Å². The first kappa shape index (κ1) is 57.0. The molecule has 4 aliphatic heterocycles. The number of benzene rings is 10. The predicted molar refractivity (Wildman–Crippen MR) is 357 cm³/mol. The van der Waals surface area contributed by atoms with Gasteiger partial charge in [-0.15, -0.1) is 0 Å². The zero-order chi connectivity index (χ0) is 64.9. The van der Waals surface area contributed by atoms with Crippen LogP contribution >= 0.6 is 0 Å². The lowest BCUT2D eigenvalue weighted by molar-refractivity contribution is 0.0438. The highest BCUT2D eigenvalue weighted by Gasteiger charge is 2.49. The molecule has 4 aliphatic rings. The van der Waals surface area contributed by atoms with Crippen LogP contribution in [0.5, 0.6) is 0 Å². The molecule has 92 heavy (non-hydrogen) atoms. The van der Waals surface area contributed by atoms with Crippen molar-refractivity contribution < 1.29 is 38.4 Å². The summed E-state index contributed by atoms with van der Waals surface area (Å²) in [6, 6.07) is 63.7. The molecule has 0 spiro atoms. The molecule has 8 amide bonds. The summed E-state index contributed by atoms with van der Waals surface area (Å²) in [7, 11) is 0. The van der Waals surface area contributed by atoms with E-state index in [-0.39, 0.29) is 87.6 Å². The molecule has 4 heterocycles. The number of nitrogens with zero attached hydrogens (tertiary/aromatic N) is 4. The highest BCUT2D eigenvalue weighted by Crippen LogP contribution is 2.47. The summed E-state index contributed by atoms with van der Waals surface area (Å²) in [6.07, 6.45) is 0. The van der Waals surface area contributed by atoms with E-state index in [0.29, 0.717) is 43.1 Å². The summed E-state index contributed by atoms with van der Waals surface area (Å²) in [5.41, 5.74) is -3.48. The Morgan fingerprint density at radius 1 is 0.239 bits per heavy atom. The van der Waals surface area contributed by atoms with Crippen LogP contribution in [-0.4, -0.2) is 89.0 Å². The molecule has 0 saturated carbocycles. The van der Waals surface area contributed by atoms with E-state index in [1.54, 1.807) is 107 Å². The molecule has 0 radical (unpaired) electrons. The minimum Gasteiger partial charge on any atom is -0.269 e. The molecule has 0 unspecified atom stereocenters. The van der Waals surface area contributed by atoms with Crippen LogP contribution in [0.15, 0.2) is 121 Å². The lowest BCUT2D eigenvalue weighted by Crippen LogP contribution is -2.53. The van der Waals surface area contributed by atoms with E-state index in [1.807, 2.05) is 97.1 Å². The lowest BCUT2D eigenvalue weighted by atomic mass is 9.81. The second kappa shape index (κ2) is 19.0. The summed E-state index contributed by atoms with van der Waals surface area (Å²) in [5.74, 6) is -4.98. The molecule has 16 rings (SSSR count). The highest BCUT2D eigenvalue weighted by atomic mass is 16.2. The Hall–Kier alpha value is -11.4. The van der Waals surface area contributed by atoms with Crippen LogP contribution in [0.1, 0.15) is 166 Å². The number of hydrogen-bond acceptors (Lipinski definition) is 8. The number of hydrogen-bond donors (Lipinski definition) is 0. The maximum Gasteiger partial charge on any atom is 0.263 e. The molecule has 0 atom stereocenters. The van der Waals surface area contributed by atoms with Crippen molar-refractivity contribution in [3.8, 4) is 0 Å². The van der Waals surface area contributed by atoms with Crippen LogP contribution in [0.3, 0.4) is 0 Å². The molecule has 0 aliphatic carbocycles. The van der Waals surface area contributed by atoms with Crippen LogP contribution in [0.25, 0.3) is 108 Å². The molecular weight excluding hydrogens is 1140 g/mol. The molecule has 0 N–H and O–H groups in total. The van der Waals surface area contributed by atoms with Crippen LogP contribution in [0.2, 0.25) is 0 Å². The largest absolute Gasteiger partial charge is 0.269 e. The predicted octanol–water partition coefficient (Wildman–Crippen LogP) is 16.0. The summed E-state index contributed by atoms with van der Waals surface area (Å²) in [5, 5.41) is 9.72. The molecule has 12 aromatic rings. The van der Waals surface area contributed by atoms with Gasteiger partial charge in [0.15, 0.2) is 0 Å². The van der Waals surface area contributed by atoms with Crippen molar-refractivity contribution in [1.82, 2.24) is 19.6 Å². The first-order valence-electron chi connectivity index (χ1n) is 30.4. The smallest absolute Gasteiger partial charge is 0.263 e. The molecule has 12 nitrogen and oxygen atoms in total. The van der Waals surface area contributed by atoms with E-state index >= 15 is 38.4 Å². The number of carbonyl (C=O) groups excluding carboxylic acids is 8. The van der Waals surface area contributed by atoms with Crippen molar-refractivity contribution in [2.45, 2.75) is 105 Å². The Labute approximate surface area is 529 Å². The van der Waals surface area contributed by atoms with Gasteiger partial charge in [0.1, 0.15) is 0 Å². The Kier molecular flexibility index (Phi) is 11.8. The lowest BCUT2D eigenvalue weighted by Gasteiger charge is -2.40. The fourth-order valence-electron chi connectivity index (χ4n) is 14.0. The SMILES string of the molecule is CC(C)(C)N1C(=O)c2cc3c#cc4cccc5cc6cccc(c#cc7cc8c9c(c(c#cc%10cccc%11cc%12cccc(c#cc%13cc%14c(c3C(=O)N(C(C)(C)C)C%14=O)c2c%13C1=O)c%12cc%10%11)cc1c9c7C(=O)N(C(C)(C)C)C1=O)C(=O)N(C(C)(C)C)C8=O)c6cc45. The third-order valence-corrected chi connectivity index (χ3v) is 18.0. The van der Waals surface area contributed by atoms with Gasteiger partial charge in [-0.05, 0) is 199 Å². The summed E-state index contributed by atoms with van der Waals surface area (Å²) in [6.45, 7) is 21.2. The summed E-state index contributed by atoms with van der Waals surface area (Å²) >= 11 is 0. The minimum absolute atomic E-state index is 0.0763. The summed E-state index contributed by atoms with van der Waals surface area (Å²) < 4.78 is 0. The van der Waals surface area contributed by atoms with Crippen LogP contribution in [0, 0.1) is 48.5 Å². The van der Waals surface area contributed by atoms with E-state index in [2.05, 4.69) is 48.5 Å². The van der Waals surface area contributed by atoms with Gasteiger partial charge in [0.2, 0.25) is 0 Å². The molecule has 17 bridgehead atoms. The minimum atomic E-state index is -1.04. The molecule has 0 aromatic heterocycles. The van der Waals surface area contributed by atoms with E-state index in [9.17, 15) is 0 Å². The number of rotatable bonds is 0. The van der Waals surface area contributed by atoms with Gasteiger partial charge in [0, 0.05) is 86.8 Å². The van der Waals surface area contributed by atoms with Crippen LogP contribution in [0.4, 0.5) is 0 Å². The van der Waals surface area contributed by atoms with Gasteiger partial charge in [0.05, 0.1) is 44.5 Å². The third kappa shape index (κ3) is 8.17. The Balaban J connectivity index is 1.14. The quantitative estimate of drug-likeness (QED) is 0.108. The van der Waals surface area contributed by atoms with Gasteiger partial charge in [0.25, 0.3) is 47.3 Å². The zero-order valence-electron chi connectivity index (χ0n) is 52.6. The van der Waals surface area contributed by atoms with Gasteiger partial charge < -0.3 is 0 Å². The van der Waals surface area contributed by atoms with Crippen molar-refractivity contribution in [1.29, 1.82) is 0 Å². The average Bonchev–Trinajstić information content (AvgIpc) is 0.699. The van der Waals surface area contributed by atoms with Gasteiger partial charge in [-0.25, -0.2) is 0 Å². The molecule has 0 saturated heterocycles. The zero-order valence-corrected chi connectivity index (χ0v) is 52.6. The van der Waals surface area contributed by atoms with E-state index in [0.717, 1.165) is 21.5 Å². The van der Waals surface area contributed by atoms with Crippen LogP contribution < -0.4 is 0 Å².